The first kappa shape index (κ1) is 15.9. The van der Waals surface area contributed by atoms with Gasteiger partial charge in [0.25, 0.3) is 5.91 Å². The van der Waals surface area contributed by atoms with Crippen molar-refractivity contribution < 1.29 is 14.0 Å². The average Bonchev–Trinajstić information content (AvgIpc) is 3.27. The fourth-order valence-corrected chi connectivity index (χ4v) is 2.74. The Hall–Kier alpha value is -2.93. The first-order valence-corrected chi connectivity index (χ1v) is 8.13. The Morgan fingerprint density at radius 2 is 1.96 bits per heavy atom. The molecular weight excluding hydrogens is 326 g/mol. The smallest absolute Gasteiger partial charge is 0.286 e. The zero-order chi connectivity index (χ0) is 16.8. The Morgan fingerprint density at radius 1 is 1.12 bits per heavy atom. The quantitative estimate of drug-likeness (QED) is 0.721. The molecule has 2 amide bonds. The third-order valence-electron chi connectivity index (χ3n) is 3.22. The Morgan fingerprint density at radius 3 is 2.71 bits per heavy atom. The number of nitrogens with zero attached hydrogens (tertiary/aromatic N) is 1. The predicted molar refractivity (Wildman–Crippen MR) is 91.8 cm³/mol. The van der Waals surface area contributed by atoms with Crippen LogP contribution < -0.4 is 10.6 Å². The maximum Gasteiger partial charge on any atom is 0.286 e. The maximum absolute atomic E-state index is 11.9. The van der Waals surface area contributed by atoms with E-state index in [1.807, 2.05) is 36.4 Å². The number of benzene rings is 1. The normalized spacial score (nSPS) is 10.3. The van der Waals surface area contributed by atoms with Crippen LogP contribution >= 0.6 is 11.5 Å². The highest BCUT2D eigenvalue weighted by molar-refractivity contribution is 7.10. The first-order chi connectivity index (χ1) is 11.7. The van der Waals surface area contributed by atoms with E-state index in [2.05, 4.69) is 15.0 Å². The third kappa shape index (κ3) is 4.08. The average molecular weight is 341 g/mol. The van der Waals surface area contributed by atoms with Gasteiger partial charge in [-0.3, -0.25) is 9.59 Å². The Kier molecular flexibility index (Phi) is 5.02. The van der Waals surface area contributed by atoms with Gasteiger partial charge in [0.15, 0.2) is 5.76 Å². The molecule has 7 heteroatoms. The van der Waals surface area contributed by atoms with E-state index in [1.54, 1.807) is 12.1 Å². The number of furan rings is 1. The van der Waals surface area contributed by atoms with Crippen molar-refractivity contribution in [2.75, 3.05) is 11.9 Å². The van der Waals surface area contributed by atoms with Crippen molar-refractivity contribution in [1.29, 1.82) is 0 Å². The van der Waals surface area contributed by atoms with Gasteiger partial charge in [0.2, 0.25) is 5.91 Å². The monoisotopic (exact) mass is 341 g/mol. The van der Waals surface area contributed by atoms with Crippen LogP contribution in [0, 0.1) is 0 Å². The molecular formula is C17H15N3O3S. The molecule has 0 bridgehead atoms. The highest BCUT2D eigenvalue weighted by Crippen LogP contribution is 2.25. The molecule has 122 valence electrons. The zero-order valence-corrected chi connectivity index (χ0v) is 13.5. The summed E-state index contributed by atoms with van der Waals surface area (Å²) in [6, 6.07) is 14.8. The van der Waals surface area contributed by atoms with Crippen LogP contribution in [-0.4, -0.2) is 22.7 Å². The van der Waals surface area contributed by atoms with Gasteiger partial charge in [0.1, 0.15) is 5.00 Å². The minimum Gasteiger partial charge on any atom is -0.459 e. The van der Waals surface area contributed by atoms with Gasteiger partial charge in [-0.2, -0.15) is 4.37 Å². The molecule has 2 heterocycles. The van der Waals surface area contributed by atoms with Crippen molar-refractivity contribution in [1.82, 2.24) is 9.69 Å². The molecule has 24 heavy (non-hydrogen) atoms. The summed E-state index contributed by atoms with van der Waals surface area (Å²) in [5.74, 6) is -0.291. The van der Waals surface area contributed by atoms with Gasteiger partial charge in [-0.05, 0) is 23.7 Å². The van der Waals surface area contributed by atoms with Crippen LogP contribution in [0.1, 0.15) is 17.0 Å². The summed E-state index contributed by atoms with van der Waals surface area (Å²) >= 11 is 1.23. The van der Waals surface area contributed by atoms with Crippen LogP contribution in [0.15, 0.2) is 59.2 Å². The number of hydrogen-bond acceptors (Lipinski definition) is 5. The summed E-state index contributed by atoms with van der Waals surface area (Å²) in [5, 5.41) is 6.09. The molecule has 3 rings (SSSR count). The van der Waals surface area contributed by atoms with E-state index in [1.165, 1.54) is 17.8 Å². The van der Waals surface area contributed by atoms with Gasteiger partial charge in [-0.1, -0.05) is 30.3 Å². The molecule has 0 atom stereocenters. The van der Waals surface area contributed by atoms with E-state index >= 15 is 0 Å². The van der Waals surface area contributed by atoms with Crippen LogP contribution in [0.5, 0.6) is 0 Å². The molecule has 0 unspecified atom stereocenters. The number of nitrogens with one attached hydrogen (secondary N) is 2. The molecule has 0 saturated heterocycles. The number of hydrogen-bond donors (Lipinski definition) is 2. The topological polar surface area (TPSA) is 84.2 Å². The van der Waals surface area contributed by atoms with Gasteiger partial charge < -0.3 is 15.1 Å². The second-order valence-electron chi connectivity index (χ2n) is 4.97. The standard InChI is InChI=1S/C17H15N3O3S/c21-15(8-9-18-17(22)14-7-4-10-23-14)19-16-11-13(20-24-16)12-5-2-1-3-6-12/h1-7,10-11H,8-9H2,(H,18,22)(H,19,21). The number of anilines is 1. The number of rotatable bonds is 6. The fraction of sp³-hybridized carbons (Fsp3) is 0.118. The lowest BCUT2D eigenvalue weighted by Gasteiger charge is -2.03. The van der Waals surface area contributed by atoms with Crippen molar-refractivity contribution in [3.63, 3.8) is 0 Å². The summed E-state index contributed by atoms with van der Waals surface area (Å²) in [4.78, 5) is 23.6. The number of aromatic nitrogens is 1. The Balaban J connectivity index is 1.47. The van der Waals surface area contributed by atoms with E-state index in [0.717, 1.165) is 11.3 Å². The van der Waals surface area contributed by atoms with Crippen molar-refractivity contribution in [3.05, 3.63) is 60.6 Å². The Labute approximate surface area is 142 Å². The summed E-state index contributed by atoms with van der Waals surface area (Å²) in [5.41, 5.74) is 1.82. The lowest BCUT2D eigenvalue weighted by atomic mass is 10.2. The summed E-state index contributed by atoms with van der Waals surface area (Å²) < 4.78 is 9.30. The van der Waals surface area contributed by atoms with Gasteiger partial charge in [-0.25, -0.2) is 0 Å². The lowest BCUT2D eigenvalue weighted by Crippen LogP contribution is -2.27. The number of carbonyl (C=O) groups excluding carboxylic acids is 2. The molecule has 0 aliphatic carbocycles. The van der Waals surface area contributed by atoms with Crippen LogP contribution in [-0.2, 0) is 4.79 Å². The Bertz CT molecular complexity index is 813. The molecule has 3 aromatic rings. The minimum absolute atomic E-state index is 0.172. The zero-order valence-electron chi connectivity index (χ0n) is 12.7. The van der Waals surface area contributed by atoms with Crippen LogP contribution in [0.25, 0.3) is 11.3 Å². The van der Waals surface area contributed by atoms with Gasteiger partial charge in [0.05, 0.1) is 12.0 Å². The molecule has 0 fully saturated rings. The van der Waals surface area contributed by atoms with Crippen molar-refractivity contribution in [2.24, 2.45) is 0 Å². The van der Waals surface area contributed by atoms with Crippen LogP contribution in [0.2, 0.25) is 0 Å². The summed E-state index contributed by atoms with van der Waals surface area (Å²) in [7, 11) is 0. The second-order valence-corrected chi connectivity index (χ2v) is 5.78. The van der Waals surface area contributed by atoms with Gasteiger partial charge in [0, 0.05) is 24.6 Å². The predicted octanol–water partition coefficient (Wildman–Crippen LogP) is 3.16. The first-order valence-electron chi connectivity index (χ1n) is 7.36. The van der Waals surface area contributed by atoms with Gasteiger partial charge in [-0.15, -0.1) is 0 Å². The second kappa shape index (κ2) is 7.56. The van der Waals surface area contributed by atoms with Crippen molar-refractivity contribution in [3.8, 4) is 11.3 Å². The molecule has 0 spiro atoms. The van der Waals surface area contributed by atoms with E-state index in [-0.39, 0.29) is 30.5 Å². The molecule has 0 aliphatic rings. The van der Waals surface area contributed by atoms with Gasteiger partial charge >= 0.3 is 0 Å². The molecule has 2 aromatic heterocycles. The molecule has 1 aromatic carbocycles. The molecule has 2 N–H and O–H groups in total. The van der Waals surface area contributed by atoms with Crippen LogP contribution in [0.4, 0.5) is 5.00 Å². The SMILES string of the molecule is O=C(CCNC(=O)c1ccco1)Nc1cc(-c2ccccc2)ns1. The van der Waals surface area contributed by atoms with Crippen molar-refractivity contribution in [2.45, 2.75) is 6.42 Å². The molecule has 0 aliphatic heterocycles. The number of amides is 2. The van der Waals surface area contributed by atoms with Crippen molar-refractivity contribution >= 4 is 28.3 Å². The highest BCUT2D eigenvalue weighted by atomic mass is 32.1. The fourth-order valence-electron chi connectivity index (χ4n) is 2.06. The van der Waals surface area contributed by atoms with Crippen LogP contribution in [0.3, 0.4) is 0 Å². The highest BCUT2D eigenvalue weighted by Gasteiger charge is 2.10. The molecule has 0 saturated carbocycles. The lowest BCUT2D eigenvalue weighted by molar-refractivity contribution is -0.116. The van der Waals surface area contributed by atoms with E-state index < -0.39 is 0 Å². The summed E-state index contributed by atoms with van der Waals surface area (Å²) in [6.07, 6.45) is 1.60. The largest absolute Gasteiger partial charge is 0.459 e. The van der Waals surface area contributed by atoms with E-state index in [0.29, 0.717) is 5.00 Å². The minimum atomic E-state index is -0.336. The maximum atomic E-state index is 11.9. The summed E-state index contributed by atoms with van der Waals surface area (Å²) in [6.45, 7) is 0.232. The molecule has 6 nitrogen and oxygen atoms in total. The van der Waals surface area contributed by atoms with E-state index in [4.69, 9.17) is 4.42 Å². The third-order valence-corrected chi connectivity index (χ3v) is 3.93. The number of carbonyl (C=O) groups is 2. The van der Waals surface area contributed by atoms with E-state index in [9.17, 15) is 9.59 Å². The molecule has 0 radical (unpaired) electrons.